The van der Waals surface area contributed by atoms with Crippen LogP contribution in [0.4, 0.5) is 0 Å². The number of phenols is 1. The van der Waals surface area contributed by atoms with Gasteiger partial charge >= 0.3 is 5.97 Å². The maximum atomic E-state index is 10.3. The molecule has 0 aromatic heterocycles. The van der Waals surface area contributed by atoms with Gasteiger partial charge in [-0.15, -0.1) is 0 Å². The summed E-state index contributed by atoms with van der Waals surface area (Å²) < 4.78 is 0. The number of phenolic OH excluding ortho intramolecular Hbond substituents is 1. The minimum Gasteiger partial charge on any atom is -0.508 e. The molecule has 0 bridgehead atoms. The van der Waals surface area contributed by atoms with E-state index in [-0.39, 0.29) is 18.2 Å². The van der Waals surface area contributed by atoms with Gasteiger partial charge in [0.05, 0.1) is 6.42 Å². The molecular formula is C12H17NO3. The van der Waals surface area contributed by atoms with Crippen LogP contribution in [-0.4, -0.2) is 22.7 Å². The van der Waals surface area contributed by atoms with Crippen molar-refractivity contribution in [2.24, 2.45) is 0 Å². The number of hydrogen-bond acceptors (Lipinski definition) is 3. The molecule has 1 aromatic carbocycles. The molecule has 1 unspecified atom stereocenters. The fourth-order valence-corrected chi connectivity index (χ4v) is 1.53. The number of rotatable bonds is 5. The summed E-state index contributed by atoms with van der Waals surface area (Å²) in [5.74, 6) is -0.580. The summed E-state index contributed by atoms with van der Waals surface area (Å²) in [7, 11) is 0. The molecular weight excluding hydrogens is 206 g/mol. The Morgan fingerprint density at radius 3 is 2.75 bits per heavy atom. The Morgan fingerprint density at radius 1 is 1.50 bits per heavy atom. The van der Waals surface area contributed by atoms with E-state index in [2.05, 4.69) is 5.32 Å². The Balaban J connectivity index is 2.58. The molecule has 4 heteroatoms. The Hall–Kier alpha value is -1.55. The first kappa shape index (κ1) is 12.5. The molecule has 3 N–H and O–H groups in total. The topological polar surface area (TPSA) is 69.6 Å². The van der Waals surface area contributed by atoms with Crippen LogP contribution in [0.3, 0.4) is 0 Å². The van der Waals surface area contributed by atoms with Crippen LogP contribution in [0.25, 0.3) is 0 Å². The van der Waals surface area contributed by atoms with Crippen molar-refractivity contribution in [1.82, 2.24) is 5.32 Å². The molecule has 0 saturated heterocycles. The summed E-state index contributed by atoms with van der Waals surface area (Å²) in [4.78, 5) is 10.3. The molecule has 1 atom stereocenters. The fraction of sp³-hybridized carbons (Fsp3) is 0.417. The molecule has 0 heterocycles. The van der Waals surface area contributed by atoms with Gasteiger partial charge in [-0.05, 0) is 25.5 Å². The lowest BCUT2D eigenvalue weighted by atomic mass is 10.1. The van der Waals surface area contributed by atoms with Crippen molar-refractivity contribution < 1.29 is 15.0 Å². The normalized spacial score (nSPS) is 12.4. The highest BCUT2D eigenvalue weighted by atomic mass is 16.4. The SMILES string of the molecule is Cc1ccc(C(C)NCCC(=O)O)c(O)c1. The van der Waals surface area contributed by atoms with Gasteiger partial charge in [-0.1, -0.05) is 12.1 Å². The standard InChI is InChI=1S/C12H17NO3/c1-8-3-4-10(11(14)7-8)9(2)13-6-5-12(15)16/h3-4,7,9,13-14H,5-6H2,1-2H3,(H,15,16). The maximum absolute atomic E-state index is 10.3. The van der Waals surface area contributed by atoms with E-state index in [1.54, 1.807) is 6.07 Å². The van der Waals surface area contributed by atoms with Crippen molar-refractivity contribution >= 4 is 5.97 Å². The van der Waals surface area contributed by atoms with E-state index in [1.807, 2.05) is 26.0 Å². The summed E-state index contributed by atoms with van der Waals surface area (Å²) in [6.45, 7) is 4.20. The zero-order chi connectivity index (χ0) is 12.1. The second kappa shape index (κ2) is 5.51. The van der Waals surface area contributed by atoms with Crippen molar-refractivity contribution in [1.29, 1.82) is 0 Å². The molecule has 0 aliphatic carbocycles. The Morgan fingerprint density at radius 2 is 2.19 bits per heavy atom. The number of carboxylic acid groups (broad SMARTS) is 1. The monoisotopic (exact) mass is 223 g/mol. The second-order valence-corrected chi connectivity index (χ2v) is 3.88. The van der Waals surface area contributed by atoms with Gasteiger partial charge in [-0.2, -0.15) is 0 Å². The summed E-state index contributed by atoms with van der Waals surface area (Å²) >= 11 is 0. The molecule has 1 rings (SSSR count). The lowest BCUT2D eigenvalue weighted by Crippen LogP contribution is -2.21. The van der Waals surface area contributed by atoms with Gasteiger partial charge in [-0.25, -0.2) is 0 Å². The van der Waals surface area contributed by atoms with Gasteiger partial charge in [0.25, 0.3) is 0 Å². The summed E-state index contributed by atoms with van der Waals surface area (Å²) in [5.41, 5.74) is 1.79. The van der Waals surface area contributed by atoms with Crippen molar-refractivity contribution in [3.63, 3.8) is 0 Å². The summed E-state index contributed by atoms with van der Waals surface area (Å²) in [5, 5.41) is 21.3. The van der Waals surface area contributed by atoms with Crippen LogP contribution < -0.4 is 5.32 Å². The Kier molecular flexibility index (Phi) is 4.31. The predicted molar refractivity (Wildman–Crippen MR) is 61.5 cm³/mol. The highest BCUT2D eigenvalue weighted by Gasteiger charge is 2.09. The van der Waals surface area contributed by atoms with Gasteiger partial charge in [0.2, 0.25) is 0 Å². The highest BCUT2D eigenvalue weighted by molar-refractivity contribution is 5.66. The second-order valence-electron chi connectivity index (χ2n) is 3.88. The largest absolute Gasteiger partial charge is 0.508 e. The third kappa shape index (κ3) is 3.55. The molecule has 0 aliphatic rings. The van der Waals surface area contributed by atoms with Crippen molar-refractivity contribution in [3.8, 4) is 5.75 Å². The number of hydrogen-bond donors (Lipinski definition) is 3. The van der Waals surface area contributed by atoms with Crippen LogP contribution in [0.15, 0.2) is 18.2 Å². The molecule has 88 valence electrons. The quantitative estimate of drug-likeness (QED) is 0.712. The van der Waals surface area contributed by atoms with Crippen LogP contribution in [0.1, 0.15) is 30.5 Å². The third-order valence-electron chi connectivity index (χ3n) is 2.44. The number of aromatic hydroxyl groups is 1. The van der Waals surface area contributed by atoms with Gasteiger partial charge in [-0.3, -0.25) is 4.79 Å². The van der Waals surface area contributed by atoms with Crippen LogP contribution in [-0.2, 0) is 4.79 Å². The zero-order valence-corrected chi connectivity index (χ0v) is 9.53. The number of benzene rings is 1. The molecule has 0 amide bonds. The van der Waals surface area contributed by atoms with E-state index in [4.69, 9.17) is 5.11 Å². The predicted octanol–water partition coefficient (Wildman–Crippen LogP) is 1.83. The minimum atomic E-state index is -0.826. The van der Waals surface area contributed by atoms with E-state index in [0.717, 1.165) is 11.1 Å². The average molecular weight is 223 g/mol. The molecule has 0 fully saturated rings. The number of nitrogens with one attached hydrogen (secondary N) is 1. The van der Waals surface area contributed by atoms with E-state index < -0.39 is 5.97 Å². The van der Waals surface area contributed by atoms with Crippen molar-refractivity contribution in [2.75, 3.05) is 6.54 Å². The van der Waals surface area contributed by atoms with Gasteiger partial charge in [0.1, 0.15) is 5.75 Å². The van der Waals surface area contributed by atoms with Crippen molar-refractivity contribution in [3.05, 3.63) is 29.3 Å². The first-order valence-corrected chi connectivity index (χ1v) is 5.25. The van der Waals surface area contributed by atoms with E-state index >= 15 is 0 Å². The lowest BCUT2D eigenvalue weighted by molar-refractivity contribution is -0.136. The smallest absolute Gasteiger partial charge is 0.304 e. The number of carbonyl (C=O) groups is 1. The Labute approximate surface area is 94.9 Å². The minimum absolute atomic E-state index is 0.0556. The maximum Gasteiger partial charge on any atom is 0.304 e. The third-order valence-corrected chi connectivity index (χ3v) is 2.44. The lowest BCUT2D eigenvalue weighted by Gasteiger charge is -2.15. The molecule has 0 spiro atoms. The summed E-state index contributed by atoms with van der Waals surface area (Å²) in [6.07, 6.45) is 0.0803. The van der Waals surface area contributed by atoms with Gasteiger partial charge < -0.3 is 15.5 Å². The van der Waals surface area contributed by atoms with Crippen LogP contribution >= 0.6 is 0 Å². The van der Waals surface area contributed by atoms with E-state index in [9.17, 15) is 9.90 Å². The molecule has 4 nitrogen and oxygen atoms in total. The van der Waals surface area contributed by atoms with Gasteiger partial charge in [0, 0.05) is 18.2 Å². The molecule has 16 heavy (non-hydrogen) atoms. The fourth-order valence-electron chi connectivity index (χ4n) is 1.53. The Bertz CT molecular complexity index is 377. The average Bonchev–Trinajstić information content (AvgIpc) is 2.16. The molecule has 0 saturated carbocycles. The summed E-state index contributed by atoms with van der Waals surface area (Å²) in [6, 6.07) is 5.41. The van der Waals surface area contributed by atoms with E-state index in [1.165, 1.54) is 0 Å². The first-order chi connectivity index (χ1) is 7.50. The number of carboxylic acids is 1. The highest BCUT2D eigenvalue weighted by Crippen LogP contribution is 2.24. The zero-order valence-electron chi connectivity index (χ0n) is 9.53. The van der Waals surface area contributed by atoms with Crippen molar-refractivity contribution in [2.45, 2.75) is 26.3 Å². The van der Waals surface area contributed by atoms with Crippen LogP contribution in [0.2, 0.25) is 0 Å². The number of aliphatic carboxylic acids is 1. The molecule has 0 aliphatic heterocycles. The van der Waals surface area contributed by atoms with Crippen LogP contribution in [0, 0.1) is 6.92 Å². The van der Waals surface area contributed by atoms with Gasteiger partial charge in [0.15, 0.2) is 0 Å². The first-order valence-electron chi connectivity index (χ1n) is 5.25. The van der Waals surface area contributed by atoms with E-state index in [0.29, 0.717) is 6.54 Å². The van der Waals surface area contributed by atoms with Crippen LogP contribution in [0.5, 0.6) is 5.75 Å². The molecule has 0 radical (unpaired) electrons. The molecule has 1 aromatic rings. The number of aryl methyl sites for hydroxylation is 1.